The van der Waals surface area contributed by atoms with E-state index < -0.39 is 0 Å². The third kappa shape index (κ3) is 7.04. The minimum atomic E-state index is 0.901. The smallest absolute Gasteiger partial charge is 0.0737 e. The molecule has 0 unspecified atom stereocenters. The van der Waals surface area contributed by atoms with Gasteiger partial charge in [-0.2, -0.15) is 0 Å². The van der Waals surface area contributed by atoms with Crippen LogP contribution in [-0.4, -0.2) is 19.9 Å². The predicted molar refractivity (Wildman–Crippen MR) is 220 cm³/mol. The summed E-state index contributed by atoms with van der Waals surface area (Å²) < 4.78 is 1.05. The zero-order valence-electron chi connectivity index (χ0n) is 29.1. The first-order valence-electron chi connectivity index (χ1n) is 18.1. The molecular weight excluding hydrogens is 688 g/mol. The Labute approximate surface area is 308 Å². The summed E-state index contributed by atoms with van der Waals surface area (Å²) in [5, 5.41) is 0. The Balaban J connectivity index is 1.40. The second-order valence-corrected chi connectivity index (χ2v) is 14.4. The van der Waals surface area contributed by atoms with Gasteiger partial charge in [-0.3, -0.25) is 0 Å². The second-order valence-electron chi connectivity index (χ2n) is 13.5. The molecule has 5 heteroatoms. The van der Waals surface area contributed by atoms with Crippen LogP contribution in [0.4, 0.5) is 0 Å². The van der Waals surface area contributed by atoms with Gasteiger partial charge in [0.1, 0.15) is 0 Å². The van der Waals surface area contributed by atoms with Gasteiger partial charge < -0.3 is 9.97 Å². The number of nitrogens with one attached hydrogen (secondary N) is 2. The van der Waals surface area contributed by atoms with Crippen molar-refractivity contribution in [2.45, 2.75) is 52.4 Å². The Hall–Kier alpha value is -5.26. The van der Waals surface area contributed by atoms with Crippen molar-refractivity contribution >= 4 is 62.3 Å². The van der Waals surface area contributed by atoms with Crippen LogP contribution in [0.1, 0.15) is 73.4 Å². The molecule has 2 aliphatic heterocycles. The summed E-state index contributed by atoms with van der Waals surface area (Å²) in [4.78, 5) is 18.0. The molecule has 3 aromatic heterocycles. The normalized spacial score (nSPS) is 12.1. The number of unbranched alkanes of at least 4 members (excludes halogenated alkanes) is 2. The van der Waals surface area contributed by atoms with E-state index in [1.54, 1.807) is 0 Å². The second kappa shape index (κ2) is 14.5. The first-order chi connectivity index (χ1) is 25.0. The van der Waals surface area contributed by atoms with E-state index in [0.29, 0.717) is 0 Å². The van der Waals surface area contributed by atoms with Crippen LogP contribution in [0.3, 0.4) is 0 Å². The number of fused-ring (bicyclic) bond motifs is 8. The third-order valence-corrected chi connectivity index (χ3v) is 10.3. The Morgan fingerprint density at radius 2 is 1.08 bits per heavy atom. The summed E-state index contributed by atoms with van der Waals surface area (Å²) >= 11 is 3.64. The lowest BCUT2D eigenvalue weighted by Crippen LogP contribution is -1.89. The van der Waals surface area contributed by atoms with Crippen molar-refractivity contribution in [3.8, 4) is 33.4 Å². The summed E-state index contributed by atoms with van der Waals surface area (Å²) in [6, 6.07) is 37.4. The Bertz CT molecular complexity index is 2430. The minimum absolute atomic E-state index is 0.901. The standard InChI is InChI=1S/C46H41BrN4/c1-3-5-7-30-9-13-33(14-10-30)44-41-24-21-36(48-41)27-37-23-26-43(50-37)45(34-15-11-31(12-16-34)8-6-4-2)46-40(32-17-19-35(47)20-18-32)29-39(51-46)28-38-22-25-42(44)49-38/h9-29,48,51H,3-8H2,1-2H3. The van der Waals surface area contributed by atoms with Gasteiger partial charge in [0.05, 0.1) is 28.3 Å². The number of halogens is 1. The molecule has 2 N–H and O–H groups in total. The molecule has 0 amide bonds. The molecule has 51 heavy (non-hydrogen) atoms. The van der Waals surface area contributed by atoms with Gasteiger partial charge in [0.15, 0.2) is 0 Å². The van der Waals surface area contributed by atoms with E-state index in [9.17, 15) is 0 Å². The molecule has 2 aliphatic rings. The van der Waals surface area contributed by atoms with E-state index in [-0.39, 0.29) is 0 Å². The van der Waals surface area contributed by atoms with Crippen molar-refractivity contribution in [1.29, 1.82) is 0 Å². The number of benzene rings is 3. The van der Waals surface area contributed by atoms with Gasteiger partial charge in [-0.25, -0.2) is 9.97 Å². The molecule has 0 spiro atoms. The Morgan fingerprint density at radius 3 is 1.69 bits per heavy atom. The maximum Gasteiger partial charge on any atom is 0.0737 e. The molecule has 0 fully saturated rings. The fraction of sp³-hybridized carbons (Fsp3) is 0.174. The summed E-state index contributed by atoms with van der Waals surface area (Å²) in [5.41, 5.74) is 17.1. The molecule has 0 radical (unpaired) electrons. The Morgan fingerprint density at radius 1 is 0.529 bits per heavy atom. The number of aromatic amines is 2. The van der Waals surface area contributed by atoms with Crippen LogP contribution in [-0.2, 0) is 12.8 Å². The van der Waals surface area contributed by atoms with Gasteiger partial charge in [0.25, 0.3) is 0 Å². The lowest BCUT2D eigenvalue weighted by atomic mass is 9.97. The zero-order valence-corrected chi connectivity index (χ0v) is 30.7. The van der Waals surface area contributed by atoms with Gasteiger partial charge in [-0.15, -0.1) is 0 Å². The van der Waals surface area contributed by atoms with Crippen molar-refractivity contribution in [3.63, 3.8) is 0 Å². The average molecular weight is 730 g/mol. The Kier molecular flexibility index (Phi) is 9.38. The van der Waals surface area contributed by atoms with Crippen LogP contribution in [0.5, 0.6) is 0 Å². The highest BCUT2D eigenvalue weighted by Crippen LogP contribution is 2.38. The van der Waals surface area contributed by atoms with E-state index in [2.05, 4.69) is 167 Å². The van der Waals surface area contributed by atoms with Crippen molar-refractivity contribution in [2.75, 3.05) is 0 Å². The first-order valence-corrected chi connectivity index (χ1v) is 18.9. The molecule has 6 aromatic rings. The molecule has 0 saturated heterocycles. The van der Waals surface area contributed by atoms with Crippen molar-refractivity contribution in [1.82, 2.24) is 19.9 Å². The van der Waals surface area contributed by atoms with E-state index in [1.807, 2.05) is 0 Å². The number of H-pyrrole nitrogens is 2. The zero-order chi connectivity index (χ0) is 34.7. The highest BCUT2D eigenvalue weighted by Gasteiger charge is 2.17. The number of rotatable bonds is 9. The highest BCUT2D eigenvalue weighted by molar-refractivity contribution is 9.10. The van der Waals surface area contributed by atoms with E-state index in [1.165, 1.54) is 36.8 Å². The number of aryl methyl sites for hydroxylation is 2. The van der Waals surface area contributed by atoms with Crippen LogP contribution < -0.4 is 0 Å². The predicted octanol–water partition coefficient (Wildman–Crippen LogP) is 13.1. The molecule has 3 aromatic carbocycles. The molecule has 8 rings (SSSR count). The van der Waals surface area contributed by atoms with Crippen molar-refractivity contribution < 1.29 is 0 Å². The summed E-state index contributed by atoms with van der Waals surface area (Å²) in [5.74, 6) is 0. The monoisotopic (exact) mass is 728 g/mol. The van der Waals surface area contributed by atoms with Gasteiger partial charge in [-0.05, 0) is 120 Å². The van der Waals surface area contributed by atoms with Gasteiger partial charge >= 0.3 is 0 Å². The van der Waals surface area contributed by atoms with Gasteiger partial charge in [-0.1, -0.05) is 103 Å². The van der Waals surface area contributed by atoms with E-state index in [4.69, 9.17) is 9.97 Å². The summed E-state index contributed by atoms with van der Waals surface area (Å²) in [6.45, 7) is 4.48. The molecule has 252 valence electrons. The molecular formula is C46H41BrN4. The SMILES string of the molecule is CCCCc1ccc(-c2c3nc(cc4cc(-c5ccc(Br)cc5)c([nH]4)c(-c4ccc(CCCC)cc4)c4nc(cc5ccc2[nH]5)C=C4)C=C3)cc1. The molecule has 8 bridgehead atoms. The van der Waals surface area contributed by atoms with Crippen LogP contribution in [0.25, 0.3) is 79.8 Å². The maximum atomic E-state index is 5.24. The maximum absolute atomic E-state index is 5.24. The fourth-order valence-electron chi connectivity index (χ4n) is 7.06. The van der Waals surface area contributed by atoms with E-state index >= 15 is 0 Å². The van der Waals surface area contributed by atoms with Crippen molar-refractivity contribution in [2.24, 2.45) is 0 Å². The first kappa shape index (κ1) is 32.9. The quantitative estimate of drug-likeness (QED) is 0.155. The average Bonchev–Trinajstić information content (AvgIpc) is 3.98. The van der Waals surface area contributed by atoms with Crippen molar-refractivity contribution in [3.05, 3.63) is 142 Å². The molecule has 0 saturated carbocycles. The number of hydrogen-bond acceptors (Lipinski definition) is 2. The van der Waals surface area contributed by atoms with Crippen LogP contribution in [0, 0.1) is 0 Å². The third-order valence-electron chi connectivity index (χ3n) is 9.79. The largest absolute Gasteiger partial charge is 0.355 e. The lowest BCUT2D eigenvalue weighted by molar-refractivity contribution is 0.795. The van der Waals surface area contributed by atoms with E-state index in [0.717, 1.165) is 95.5 Å². The molecule has 5 heterocycles. The summed E-state index contributed by atoms with van der Waals surface area (Å²) in [6.07, 6.45) is 15.4. The summed E-state index contributed by atoms with van der Waals surface area (Å²) in [7, 11) is 0. The number of aromatic nitrogens is 4. The molecule has 0 atom stereocenters. The number of nitrogens with zero attached hydrogens (tertiary/aromatic N) is 2. The molecule has 4 nitrogen and oxygen atoms in total. The highest BCUT2D eigenvalue weighted by atomic mass is 79.9. The van der Waals surface area contributed by atoms with Gasteiger partial charge in [0, 0.05) is 37.7 Å². The topological polar surface area (TPSA) is 57.4 Å². The van der Waals surface area contributed by atoms with Gasteiger partial charge in [0.2, 0.25) is 0 Å². The minimum Gasteiger partial charge on any atom is -0.355 e. The van der Waals surface area contributed by atoms with Crippen LogP contribution in [0.2, 0.25) is 0 Å². The fourth-order valence-corrected chi connectivity index (χ4v) is 7.33. The molecule has 0 aliphatic carbocycles. The van der Waals surface area contributed by atoms with Crippen LogP contribution in [0.15, 0.2) is 108 Å². The lowest BCUT2D eigenvalue weighted by Gasteiger charge is -2.09. The van der Waals surface area contributed by atoms with Crippen LogP contribution >= 0.6 is 15.9 Å². The number of hydrogen-bond donors (Lipinski definition) is 2.